The molecule has 1 saturated heterocycles. The normalized spacial score (nSPS) is 18.0. The number of piperidine rings is 1. The van der Waals surface area contributed by atoms with E-state index < -0.39 is 12.7 Å². The van der Waals surface area contributed by atoms with E-state index in [0.717, 1.165) is 15.7 Å². The van der Waals surface area contributed by atoms with Gasteiger partial charge in [0.25, 0.3) is 0 Å². The van der Waals surface area contributed by atoms with Crippen LogP contribution in [0.3, 0.4) is 0 Å². The third-order valence-corrected chi connectivity index (χ3v) is 4.66. The highest BCUT2D eigenvalue weighted by molar-refractivity contribution is 9.10. The second kappa shape index (κ2) is 6.75. The van der Waals surface area contributed by atoms with E-state index >= 15 is 0 Å². The average molecular weight is 386 g/mol. The zero-order chi connectivity index (χ0) is 15.6. The molecule has 0 spiro atoms. The molecular formula is C14H17BrClF3N2. The highest BCUT2D eigenvalue weighted by Gasteiger charge is 2.32. The largest absolute Gasteiger partial charge is 0.401 e. The fraction of sp³-hybridized carbons (Fsp3) is 0.571. The summed E-state index contributed by atoms with van der Waals surface area (Å²) in [6.07, 6.45) is -2.74. The van der Waals surface area contributed by atoms with Crippen LogP contribution in [0.25, 0.3) is 0 Å². The summed E-state index contributed by atoms with van der Waals surface area (Å²) in [6.45, 7) is 2.01. The van der Waals surface area contributed by atoms with Gasteiger partial charge in [-0.05, 0) is 53.4 Å². The number of halogens is 5. The first-order valence-corrected chi connectivity index (χ1v) is 7.93. The molecule has 0 amide bonds. The number of hydrogen-bond donors (Lipinski definition) is 1. The maximum Gasteiger partial charge on any atom is 0.401 e. The van der Waals surface area contributed by atoms with E-state index in [0.29, 0.717) is 31.0 Å². The molecular weight excluding hydrogens is 369 g/mol. The summed E-state index contributed by atoms with van der Waals surface area (Å²) in [5.74, 6) is 0. The fourth-order valence-electron chi connectivity index (χ4n) is 2.47. The Bertz CT molecular complexity index is 500. The number of anilines is 1. The van der Waals surface area contributed by atoms with Crippen molar-refractivity contribution in [2.45, 2.75) is 32.0 Å². The Morgan fingerprint density at radius 2 is 1.95 bits per heavy atom. The molecule has 1 aromatic rings. The lowest BCUT2D eigenvalue weighted by Crippen LogP contribution is -2.43. The maximum atomic E-state index is 12.3. The lowest BCUT2D eigenvalue weighted by Gasteiger charge is -2.33. The highest BCUT2D eigenvalue weighted by Crippen LogP contribution is 2.31. The van der Waals surface area contributed by atoms with E-state index in [9.17, 15) is 13.2 Å². The molecule has 2 rings (SSSR count). The summed E-state index contributed by atoms with van der Waals surface area (Å²) in [5, 5.41) is 4.04. The van der Waals surface area contributed by atoms with Crippen molar-refractivity contribution in [3.63, 3.8) is 0 Å². The second-order valence-electron chi connectivity index (χ2n) is 5.39. The molecule has 1 aromatic carbocycles. The van der Waals surface area contributed by atoms with Crippen molar-refractivity contribution in [1.29, 1.82) is 0 Å². The van der Waals surface area contributed by atoms with Gasteiger partial charge in [-0.25, -0.2) is 0 Å². The number of alkyl halides is 3. The first kappa shape index (κ1) is 16.9. The summed E-state index contributed by atoms with van der Waals surface area (Å²) < 4.78 is 37.9. The van der Waals surface area contributed by atoms with Gasteiger partial charge < -0.3 is 5.32 Å². The summed E-state index contributed by atoms with van der Waals surface area (Å²) in [7, 11) is 0. The van der Waals surface area contributed by atoms with Crippen LogP contribution in [0.4, 0.5) is 18.9 Å². The number of aryl methyl sites for hydroxylation is 1. The first-order valence-electron chi connectivity index (χ1n) is 6.76. The lowest BCUT2D eigenvalue weighted by atomic mass is 10.0. The minimum Gasteiger partial charge on any atom is -0.381 e. The number of nitrogens with zero attached hydrogens (tertiary/aromatic N) is 1. The minimum absolute atomic E-state index is 0.171. The molecule has 0 unspecified atom stereocenters. The number of rotatable bonds is 3. The number of likely N-dealkylation sites (tertiary alicyclic amines) is 1. The van der Waals surface area contributed by atoms with Crippen molar-refractivity contribution in [3.8, 4) is 0 Å². The zero-order valence-corrected chi connectivity index (χ0v) is 13.9. The summed E-state index contributed by atoms with van der Waals surface area (Å²) >= 11 is 9.58. The third-order valence-electron chi connectivity index (χ3n) is 3.60. The van der Waals surface area contributed by atoms with Crippen LogP contribution < -0.4 is 5.32 Å². The maximum absolute atomic E-state index is 12.3. The van der Waals surface area contributed by atoms with E-state index in [-0.39, 0.29) is 6.04 Å². The standard InChI is InChI=1S/C14H17BrClF3N2/c1-9-6-11(15)13(7-12(9)16)20-10-2-4-21(5-3-10)8-14(17,18)19/h6-7,10,20H,2-5,8H2,1H3. The number of nitrogens with one attached hydrogen (secondary N) is 1. The van der Waals surface area contributed by atoms with Crippen LogP contribution >= 0.6 is 27.5 Å². The molecule has 0 atom stereocenters. The fourth-order valence-corrected chi connectivity index (χ4v) is 3.20. The third kappa shape index (κ3) is 5.04. The number of benzene rings is 1. The van der Waals surface area contributed by atoms with Gasteiger partial charge >= 0.3 is 6.18 Å². The van der Waals surface area contributed by atoms with E-state index in [1.54, 1.807) is 0 Å². The molecule has 1 aliphatic heterocycles. The van der Waals surface area contributed by atoms with Crippen molar-refractivity contribution in [2.24, 2.45) is 0 Å². The van der Waals surface area contributed by atoms with Gasteiger partial charge in [-0.15, -0.1) is 0 Å². The van der Waals surface area contributed by atoms with Gasteiger partial charge in [0.1, 0.15) is 0 Å². The predicted molar refractivity (Wildman–Crippen MR) is 83.0 cm³/mol. The molecule has 118 valence electrons. The van der Waals surface area contributed by atoms with Gasteiger partial charge in [0, 0.05) is 28.6 Å². The molecule has 1 heterocycles. The van der Waals surface area contributed by atoms with Crippen molar-refractivity contribution in [1.82, 2.24) is 4.90 Å². The van der Waals surface area contributed by atoms with Crippen LogP contribution in [0.5, 0.6) is 0 Å². The molecule has 0 aromatic heterocycles. The molecule has 21 heavy (non-hydrogen) atoms. The molecule has 0 aliphatic carbocycles. The SMILES string of the molecule is Cc1cc(Br)c(NC2CCN(CC(F)(F)F)CC2)cc1Cl. The van der Waals surface area contributed by atoms with Gasteiger partial charge in [-0.3, -0.25) is 4.90 Å². The van der Waals surface area contributed by atoms with Crippen LogP contribution in [-0.2, 0) is 0 Å². The smallest absolute Gasteiger partial charge is 0.381 e. The zero-order valence-electron chi connectivity index (χ0n) is 11.6. The van der Waals surface area contributed by atoms with Gasteiger partial charge in [0.2, 0.25) is 0 Å². The molecule has 1 aliphatic rings. The van der Waals surface area contributed by atoms with E-state index in [1.165, 1.54) is 4.90 Å². The average Bonchev–Trinajstić information content (AvgIpc) is 2.36. The highest BCUT2D eigenvalue weighted by atomic mass is 79.9. The van der Waals surface area contributed by atoms with Crippen molar-refractivity contribution >= 4 is 33.2 Å². The van der Waals surface area contributed by atoms with Crippen molar-refractivity contribution < 1.29 is 13.2 Å². The Morgan fingerprint density at radius 3 is 2.52 bits per heavy atom. The lowest BCUT2D eigenvalue weighted by molar-refractivity contribution is -0.147. The van der Waals surface area contributed by atoms with Crippen molar-refractivity contribution in [2.75, 3.05) is 25.0 Å². The van der Waals surface area contributed by atoms with E-state index in [1.807, 2.05) is 19.1 Å². The summed E-state index contributed by atoms with van der Waals surface area (Å²) in [4.78, 5) is 1.45. The van der Waals surface area contributed by atoms with Gasteiger partial charge in [0.05, 0.1) is 12.2 Å². The predicted octanol–water partition coefficient (Wildman–Crippen LogP) is 4.85. The molecule has 0 radical (unpaired) electrons. The molecule has 2 nitrogen and oxygen atoms in total. The molecule has 1 N–H and O–H groups in total. The Kier molecular flexibility index (Phi) is 5.43. The molecule has 7 heteroatoms. The molecule has 0 bridgehead atoms. The van der Waals surface area contributed by atoms with Crippen molar-refractivity contribution in [3.05, 3.63) is 27.2 Å². The van der Waals surface area contributed by atoms with E-state index in [2.05, 4.69) is 21.2 Å². The summed E-state index contributed by atoms with van der Waals surface area (Å²) in [6, 6.07) is 3.96. The Labute approximate surface area is 135 Å². The first-order chi connectivity index (χ1) is 9.74. The van der Waals surface area contributed by atoms with Crippen LogP contribution in [-0.4, -0.2) is 36.8 Å². The van der Waals surface area contributed by atoms with Crippen LogP contribution in [0.1, 0.15) is 18.4 Å². The molecule has 0 saturated carbocycles. The monoisotopic (exact) mass is 384 g/mol. The Balaban J connectivity index is 1.91. The van der Waals surface area contributed by atoms with Crippen LogP contribution in [0.2, 0.25) is 5.02 Å². The number of hydrogen-bond acceptors (Lipinski definition) is 2. The van der Waals surface area contributed by atoms with E-state index in [4.69, 9.17) is 11.6 Å². The quantitative estimate of drug-likeness (QED) is 0.800. The van der Waals surface area contributed by atoms with Gasteiger partial charge in [-0.2, -0.15) is 13.2 Å². The Hall–Kier alpha value is -0.460. The minimum atomic E-state index is -4.12. The second-order valence-corrected chi connectivity index (χ2v) is 6.65. The van der Waals surface area contributed by atoms with Gasteiger partial charge in [-0.1, -0.05) is 11.6 Å². The van der Waals surface area contributed by atoms with Crippen LogP contribution in [0.15, 0.2) is 16.6 Å². The molecule has 1 fully saturated rings. The van der Waals surface area contributed by atoms with Crippen LogP contribution in [0, 0.1) is 6.92 Å². The Morgan fingerprint density at radius 1 is 1.33 bits per heavy atom. The summed E-state index contributed by atoms with van der Waals surface area (Å²) in [5.41, 5.74) is 1.87. The topological polar surface area (TPSA) is 15.3 Å². The van der Waals surface area contributed by atoms with Gasteiger partial charge in [0.15, 0.2) is 0 Å².